The molecule has 94 valence electrons. The molecule has 1 aromatic carbocycles. The smallest absolute Gasteiger partial charge is 0.157 e. The van der Waals surface area contributed by atoms with E-state index in [-0.39, 0.29) is 11.7 Å². The summed E-state index contributed by atoms with van der Waals surface area (Å²) in [5.41, 5.74) is 1.95. The number of carbonyl (C=O) groups excluding carboxylic acids is 1. The summed E-state index contributed by atoms with van der Waals surface area (Å²) in [6.07, 6.45) is 3.68. The summed E-state index contributed by atoms with van der Waals surface area (Å²) in [5, 5.41) is 0. The molecule has 0 bridgehead atoms. The van der Waals surface area contributed by atoms with E-state index in [2.05, 4.69) is 4.98 Å². The van der Waals surface area contributed by atoms with Crippen molar-refractivity contribution in [2.24, 2.45) is 5.92 Å². The summed E-state index contributed by atoms with van der Waals surface area (Å²) in [6, 6.07) is 7.87. The van der Waals surface area contributed by atoms with E-state index in [1.54, 1.807) is 6.33 Å². The minimum absolute atomic E-state index is 0.0555. The number of imidazole rings is 1. The molecule has 1 unspecified atom stereocenters. The predicted molar refractivity (Wildman–Crippen MR) is 68.3 cm³/mol. The Morgan fingerprint density at radius 1 is 1.44 bits per heavy atom. The van der Waals surface area contributed by atoms with E-state index in [1.165, 1.54) is 0 Å². The van der Waals surface area contributed by atoms with Crippen LogP contribution in [-0.4, -0.2) is 28.5 Å². The molecule has 0 aliphatic carbocycles. The van der Waals surface area contributed by atoms with Gasteiger partial charge in [-0.2, -0.15) is 0 Å². The molecule has 0 N–H and O–H groups in total. The van der Waals surface area contributed by atoms with Crippen molar-refractivity contribution in [2.45, 2.75) is 19.4 Å². The number of hydrogen-bond donors (Lipinski definition) is 0. The summed E-state index contributed by atoms with van der Waals surface area (Å²) in [5.74, 6) is 0.303. The first-order valence-corrected chi connectivity index (χ1v) is 6.35. The standard InChI is InChI=1S/C14H16N2O2/c17-14(11-4-3-7-18-9-11)8-16-10-15-12-5-1-2-6-13(12)16/h1-2,5-6,10-11H,3-4,7-9H2. The molecule has 2 heterocycles. The molecular formula is C14H16N2O2. The number of aromatic nitrogens is 2. The number of rotatable bonds is 3. The molecule has 0 radical (unpaired) electrons. The minimum Gasteiger partial charge on any atom is -0.381 e. The molecule has 1 aliphatic heterocycles. The van der Waals surface area contributed by atoms with Crippen LogP contribution in [0.25, 0.3) is 11.0 Å². The third-order valence-electron chi connectivity index (χ3n) is 3.47. The Morgan fingerprint density at radius 2 is 2.33 bits per heavy atom. The number of carbonyl (C=O) groups is 1. The van der Waals surface area contributed by atoms with Gasteiger partial charge in [0, 0.05) is 12.5 Å². The zero-order valence-electron chi connectivity index (χ0n) is 10.2. The molecule has 0 amide bonds. The Kier molecular flexibility index (Phi) is 3.11. The zero-order chi connectivity index (χ0) is 12.4. The van der Waals surface area contributed by atoms with Crippen LogP contribution in [0.4, 0.5) is 0 Å². The van der Waals surface area contributed by atoms with Crippen molar-refractivity contribution >= 4 is 16.8 Å². The molecule has 1 atom stereocenters. The summed E-state index contributed by atoms with van der Waals surface area (Å²) >= 11 is 0. The van der Waals surface area contributed by atoms with Gasteiger partial charge in [-0.3, -0.25) is 4.79 Å². The molecule has 0 saturated carbocycles. The lowest BCUT2D eigenvalue weighted by atomic mass is 9.97. The van der Waals surface area contributed by atoms with Crippen LogP contribution in [0.2, 0.25) is 0 Å². The lowest BCUT2D eigenvalue weighted by molar-refractivity contribution is -0.127. The Bertz CT molecular complexity index is 556. The first-order chi connectivity index (χ1) is 8.84. The fraction of sp³-hybridized carbons (Fsp3) is 0.429. The van der Waals surface area contributed by atoms with Gasteiger partial charge in [0.25, 0.3) is 0 Å². The maximum atomic E-state index is 12.2. The molecule has 4 heteroatoms. The van der Waals surface area contributed by atoms with Crippen molar-refractivity contribution in [2.75, 3.05) is 13.2 Å². The van der Waals surface area contributed by atoms with Gasteiger partial charge in [0.05, 0.1) is 30.5 Å². The number of hydrogen-bond acceptors (Lipinski definition) is 3. The van der Waals surface area contributed by atoms with E-state index in [9.17, 15) is 4.79 Å². The number of benzene rings is 1. The maximum Gasteiger partial charge on any atom is 0.157 e. The van der Waals surface area contributed by atoms with E-state index >= 15 is 0 Å². The van der Waals surface area contributed by atoms with E-state index in [0.717, 1.165) is 30.5 Å². The van der Waals surface area contributed by atoms with Crippen LogP contribution in [0.3, 0.4) is 0 Å². The Morgan fingerprint density at radius 3 is 3.17 bits per heavy atom. The van der Waals surface area contributed by atoms with Gasteiger partial charge in [0.15, 0.2) is 5.78 Å². The van der Waals surface area contributed by atoms with Crippen LogP contribution in [-0.2, 0) is 16.1 Å². The first kappa shape index (κ1) is 11.4. The fourth-order valence-corrected chi connectivity index (χ4v) is 2.43. The minimum atomic E-state index is 0.0555. The summed E-state index contributed by atoms with van der Waals surface area (Å²) in [7, 11) is 0. The highest BCUT2D eigenvalue weighted by Gasteiger charge is 2.22. The number of ether oxygens (including phenoxy) is 1. The monoisotopic (exact) mass is 244 g/mol. The normalized spacial score (nSPS) is 20.1. The number of Topliss-reactive ketones (excluding diaryl/α,β-unsaturated/α-hetero) is 1. The van der Waals surface area contributed by atoms with E-state index in [0.29, 0.717) is 13.2 Å². The van der Waals surface area contributed by atoms with Crippen molar-refractivity contribution in [3.63, 3.8) is 0 Å². The Labute approximate surface area is 106 Å². The SMILES string of the molecule is O=C(Cn1cnc2ccccc21)C1CCCOC1. The van der Waals surface area contributed by atoms with Gasteiger partial charge >= 0.3 is 0 Å². The molecule has 18 heavy (non-hydrogen) atoms. The lowest BCUT2D eigenvalue weighted by Gasteiger charge is -2.21. The van der Waals surface area contributed by atoms with Gasteiger partial charge in [-0.25, -0.2) is 4.98 Å². The number of para-hydroxylation sites is 2. The summed E-state index contributed by atoms with van der Waals surface area (Å²) < 4.78 is 7.29. The molecule has 1 fully saturated rings. The van der Waals surface area contributed by atoms with Crippen molar-refractivity contribution in [1.82, 2.24) is 9.55 Å². The average Bonchev–Trinajstić information content (AvgIpc) is 2.83. The zero-order valence-corrected chi connectivity index (χ0v) is 10.2. The van der Waals surface area contributed by atoms with E-state index < -0.39 is 0 Å². The van der Waals surface area contributed by atoms with Crippen LogP contribution in [0.1, 0.15) is 12.8 Å². The first-order valence-electron chi connectivity index (χ1n) is 6.35. The molecule has 4 nitrogen and oxygen atoms in total. The van der Waals surface area contributed by atoms with Crippen molar-refractivity contribution in [3.8, 4) is 0 Å². The Hall–Kier alpha value is -1.68. The largest absolute Gasteiger partial charge is 0.381 e. The van der Waals surface area contributed by atoms with Crippen LogP contribution < -0.4 is 0 Å². The molecule has 0 spiro atoms. The van der Waals surface area contributed by atoms with Gasteiger partial charge in [-0.1, -0.05) is 12.1 Å². The molecule has 3 rings (SSSR count). The molecule has 1 aliphatic rings. The van der Waals surface area contributed by atoms with Gasteiger partial charge in [0.1, 0.15) is 0 Å². The Balaban J connectivity index is 1.77. The van der Waals surface area contributed by atoms with Crippen molar-refractivity contribution in [3.05, 3.63) is 30.6 Å². The highest BCUT2D eigenvalue weighted by Crippen LogP contribution is 2.17. The molecule has 1 saturated heterocycles. The number of fused-ring (bicyclic) bond motifs is 1. The third kappa shape index (κ3) is 2.16. The van der Waals surface area contributed by atoms with Gasteiger partial charge in [-0.05, 0) is 25.0 Å². The highest BCUT2D eigenvalue weighted by atomic mass is 16.5. The number of ketones is 1. The average molecular weight is 244 g/mol. The number of nitrogens with zero attached hydrogens (tertiary/aromatic N) is 2. The van der Waals surface area contributed by atoms with Crippen molar-refractivity contribution in [1.29, 1.82) is 0 Å². The molecule has 1 aromatic heterocycles. The van der Waals surface area contributed by atoms with Gasteiger partial charge in [-0.15, -0.1) is 0 Å². The lowest BCUT2D eigenvalue weighted by Crippen LogP contribution is -2.28. The predicted octanol–water partition coefficient (Wildman–Crippen LogP) is 2.03. The molecular weight excluding hydrogens is 228 g/mol. The van der Waals surface area contributed by atoms with Crippen LogP contribution >= 0.6 is 0 Å². The van der Waals surface area contributed by atoms with Crippen molar-refractivity contribution < 1.29 is 9.53 Å². The van der Waals surface area contributed by atoms with Crippen LogP contribution in [0, 0.1) is 5.92 Å². The topological polar surface area (TPSA) is 44.1 Å². The summed E-state index contributed by atoms with van der Waals surface area (Å²) in [4.78, 5) is 16.5. The second-order valence-electron chi connectivity index (χ2n) is 4.74. The van der Waals surface area contributed by atoms with E-state index in [1.807, 2.05) is 28.8 Å². The summed E-state index contributed by atoms with van der Waals surface area (Å²) in [6.45, 7) is 1.76. The van der Waals surface area contributed by atoms with Gasteiger partial charge < -0.3 is 9.30 Å². The van der Waals surface area contributed by atoms with Crippen LogP contribution in [0.15, 0.2) is 30.6 Å². The van der Waals surface area contributed by atoms with Crippen LogP contribution in [0.5, 0.6) is 0 Å². The van der Waals surface area contributed by atoms with E-state index in [4.69, 9.17) is 4.74 Å². The van der Waals surface area contributed by atoms with Gasteiger partial charge in [0.2, 0.25) is 0 Å². The molecule has 2 aromatic rings. The second-order valence-corrected chi connectivity index (χ2v) is 4.74. The quantitative estimate of drug-likeness (QED) is 0.829. The highest BCUT2D eigenvalue weighted by molar-refractivity contribution is 5.83. The second kappa shape index (κ2) is 4.90. The third-order valence-corrected chi connectivity index (χ3v) is 3.47. The fourth-order valence-electron chi connectivity index (χ4n) is 2.43. The maximum absolute atomic E-state index is 12.2.